The van der Waals surface area contributed by atoms with Crippen molar-refractivity contribution in [1.29, 1.82) is 0 Å². The highest BCUT2D eigenvalue weighted by atomic mass is 31.0. The minimum Gasteiger partial charge on any atom is -0.481 e. The Kier molecular flexibility index (Phi) is 7.92. The average molecular weight is 392 g/mol. The molecular weight excluding hydrogens is 359 g/mol. The number of carboxylic acids is 1. The van der Waals surface area contributed by atoms with Crippen LogP contribution in [-0.2, 0) is 9.36 Å². The molecule has 0 spiro atoms. The van der Waals surface area contributed by atoms with Crippen LogP contribution in [0.3, 0.4) is 0 Å². The van der Waals surface area contributed by atoms with E-state index in [2.05, 4.69) is 0 Å². The van der Waals surface area contributed by atoms with Crippen molar-refractivity contribution in [3.63, 3.8) is 0 Å². The molecule has 1 fully saturated rings. The quantitative estimate of drug-likeness (QED) is 0.506. The van der Waals surface area contributed by atoms with E-state index in [9.17, 15) is 14.7 Å². The molecule has 1 atom stereocenters. The summed E-state index contributed by atoms with van der Waals surface area (Å²) < 4.78 is 8.06. The Morgan fingerprint density at radius 3 is 1.81 bits per heavy atom. The van der Waals surface area contributed by atoms with Crippen LogP contribution >= 0.6 is 9.12 Å². The number of ketones is 1. The standard InChI is InChI=1S/C22H32O3.HOP/c1-14-12-15(2)17(16(3)13-14)19(23)22(10-8-7-9-11-22)18(20(24)25)21(4,5)6;1-2/h12-13,18H,7-11H2,1-6H3,(H,24,25);2H. The normalized spacial score (nSPS) is 17.4. The number of carboxylic acid groups (broad SMARTS) is 1. The van der Waals surface area contributed by atoms with Crippen molar-refractivity contribution in [2.75, 3.05) is 0 Å². The van der Waals surface area contributed by atoms with E-state index in [1.165, 1.54) is 0 Å². The fourth-order valence-electron chi connectivity index (χ4n) is 5.05. The molecule has 2 rings (SSSR count). The predicted molar refractivity (Wildman–Crippen MR) is 110 cm³/mol. The second-order valence-electron chi connectivity index (χ2n) is 8.96. The van der Waals surface area contributed by atoms with Crippen LogP contribution in [0.2, 0.25) is 0 Å². The molecule has 0 aliphatic heterocycles. The lowest BCUT2D eigenvalue weighted by atomic mass is 9.55. The molecule has 1 aromatic rings. The Hall–Kier alpha value is -1.54. The highest BCUT2D eigenvalue weighted by Gasteiger charge is 2.54. The first kappa shape index (κ1) is 23.5. The summed E-state index contributed by atoms with van der Waals surface area (Å²) in [5.74, 6) is -1.47. The first-order valence-corrected chi connectivity index (χ1v) is 9.97. The molecule has 1 unspecified atom stereocenters. The summed E-state index contributed by atoms with van der Waals surface area (Å²) in [7, 11) is 1.72. The van der Waals surface area contributed by atoms with Gasteiger partial charge in [0, 0.05) is 11.0 Å². The van der Waals surface area contributed by atoms with Gasteiger partial charge in [0.15, 0.2) is 5.78 Å². The van der Waals surface area contributed by atoms with Crippen molar-refractivity contribution in [2.24, 2.45) is 16.7 Å². The van der Waals surface area contributed by atoms with Crippen molar-refractivity contribution in [3.8, 4) is 0 Å². The number of hydrogen-bond acceptors (Lipinski definition) is 3. The Morgan fingerprint density at radius 2 is 1.44 bits per heavy atom. The molecule has 150 valence electrons. The zero-order valence-corrected chi connectivity index (χ0v) is 18.4. The van der Waals surface area contributed by atoms with Crippen molar-refractivity contribution in [3.05, 3.63) is 34.4 Å². The summed E-state index contributed by atoms with van der Waals surface area (Å²) >= 11 is 0. The maximum absolute atomic E-state index is 13.8. The number of carbonyl (C=O) groups is 2. The topological polar surface area (TPSA) is 71.4 Å². The van der Waals surface area contributed by atoms with E-state index in [1.54, 1.807) is 9.12 Å². The number of aliphatic carboxylic acids is 1. The molecule has 0 heterocycles. The molecule has 0 amide bonds. The summed E-state index contributed by atoms with van der Waals surface area (Å²) in [5, 5.41) is 10.1. The van der Waals surface area contributed by atoms with Gasteiger partial charge in [0.1, 0.15) is 9.12 Å². The summed E-state index contributed by atoms with van der Waals surface area (Å²) in [6, 6.07) is 4.06. The lowest BCUT2D eigenvalue weighted by Crippen LogP contribution is -2.50. The summed E-state index contributed by atoms with van der Waals surface area (Å²) in [6.45, 7) is 11.8. The van der Waals surface area contributed by atoms with E-state index < -0.39 is 22.7 Å². The van der Waals surface area contributed by atoms with E-state index in [4.69, 9.17) is 4.57 Å². The monoisotopic (exact) mass is 392 g/mol. The molecule has 4 nitrogen and oxygen atoms in total. The first-order chi connectivity index (χ1) is 12.5. The molecule has 1 aliphatic rings. The third-order valence-electron chi connectivity index (χ3n) is 5.77. The highest BCUT2D eigenvalue weighted by Crippen LogP contribution is 2.52. The molecule has 1 aliphatic carbocycles. The largest absolute Gasteiger partial charge is 0.481 e. The zero-order chi connectivity index (χ0) is 21.0. The smallest absolute Gasteiger partial charge is 0.308 e. The van der Waals surface area contributed by atoms with Gasteiger partial charge >= 0.3 is 5.97 Å². The fourth-order valence-corrected chi connectivity index (χ4v) is 5.05. The van der Waals surface area contributed by atoms with Crippen LogP contribution in [-0.4, -0.2) is 16.9 Å². The van der Waals surface area contributed by atoms with Gasteiger partial charge in [-0.05, 0) is 50.2 Å². The number of Topliss-reactive ketones (excluding diaryl/α,β-unsaturated/α-hetero) is 1. The van der Waals surface area contributed by atoms with Crippen molar-refractivity contribution in [1.82, 2.24) is 0 Å². The summed E-state index contributed by atoms with van der Waals surface area (Å²) in [4.78, 5) is 26.1. The van der Waals surface area contributed by atoms with Gasteiger partial charge in [0.2, 0.25) is 0 Å². The molecular formula is C22H33O4P. The third kappa shape index (κ3) is 4.85. The van der Waals surface area contributed by atoms with Crippen LogP contribution in [0, 0.1) is 37.5 Å². The number of carbonyl (C=O) groups excluding carboxylic acids is 1. The Morgan fingerprint density at radius 1 is 1.00 bits per heavy atom. The van der Waals surface area contributed by atoms with Crippen LogP contribution < -0.4 is 0 Å². The van der Waals surface area contributed by atoms with Gasteiger partial charge in [-0.15, -0.1) is 0 Å². The fraction of sp³-hybridized carbons (Fsp3) is 0.636. The molecule has 1 N–H and O–H groups in total. The molecule has 1 saturated carbocycles. The van der Waals surface area contributed by atoms with Gasteiger partial charge in [-0.2, -0.15) is 0 Å². The van der Waals surface area contributed by atoms with Gasteiger partial charge < -0.3 is 5.11 Å². The lowest BCUT2D eigenvalue weighted by Gasteiger charge is -2.46. The van der Waals surface area contributed by atoms with E-state index in [-0.39, 0.29) is 5.78 Å². The second kappa shape index (κ2) is 9.10. The van der Waals surface area contributed by atoms with Gasteiger partial charge in [0.05, 0.1) is 5.92 Å². The lowest BCUT2D eigenvalue weighted by molar-refractivity contribution is -0.152. The van der Waals surface area contributed by atoms with Crippen molar-refractivity contribution in [2.45, 2.75) is 73.6 Å². The maximum Gasteiger partial charge on any atom is 0.308 e. The Bertz CT molecular complexity index is 674. The van der Waals surface area contributed by atoms with Gasteiger partial charge in [-0.1, -0.05) is 57.7 Å². The summed E-state index contributed by atoms with van der Waals surface area (Å²) in [6.07, 6.45) is 4.28. The molecule has 1 aromatic carbocycles. The zero-order valence-electron chi connectivity index (χ0n) is 17.4. The molecule has 0 saturated heterocycles. The molecule has 0 aromatic heterocycles. The van der Waals surface area contributed by atoms with Gasteiger partial charge in [-0.3, -0.25) is 14.2 Å². The number of aryl methyl sites for hydroxylation is 3. The van der Waals surface area contributed by atoms with Gasteiger partial charge in [0.25, 0.3) is 0 Å². The number of benzene rings is 1. The SMILES string of the molecule is Cc1cc(C)c(C(=O)C2(C(C(=O)O)C(C)(C)C)CCCCC2)c(C)c1.O=P. The highest BCUT2D eigenvalue weighted by molar-refractivity contribution is 7.00. The average Bonchev–Trinajstić information content (AvgIpc) is 2.54. The first-order valence-electron chi connectivity index (χ1n) is 9.56. The minimum atomic E-state index is -0.842. The van der Waals surface area contributed by atoms with Crippen LogP contribution in [0.25, 0.3) is 0 Å². The van der Waals surface area contributed by atoms with Crippen LogP contribution in [0.15, 0.2) is 12.1 Å². The third-order valence-corrected chi connectivity index (χ3v) is 5.77. The van der Waals surface area contributed by atoms with Crippen LogP contribution in [0.4, 0.5) is 0 Å². The molecule has 0 bridgehead atoms. The van der Waals surface area contributed by atoms with E-state index >= 15 is 0 Å². The molecule has 5 heteroatoms. The van der Waals surface area contributed by atoms with E-state index in [0.717, 1.165) is 41.5 Å². The minimum absolute atomic E-state index is 0.0459. The van der Waals surface area contributed by atoms with Gasteiger partial charge in [-0.25, -0.2) is 0 Å². The number of rotatable bonds is 4. The Balaban J connectivity index is 0.00000176. The second-order valence-corrected chi connectivity index (χ2v) is 8.96. The maximum atomic E-state index is 13.8. The predicted octanol–water partition coefficient (Wildman–Crippen LogP) is 5.97. The summed E-state index contributed by atoms with van der Waals surface area (Å²) in [5.41, 5.74) is 2.53. The molecule has 0 radical (unpaired) electrons. The van der Waals surface area contributed by atoms with E-state index in [1.807, 2.05) is 53.7 Å². The Labute approximate surface area is 165 Å². The molecule has 27 heavy (non-hydrogen) atoms. The van der Waals surface area contributed by atoms with Crippen LogP contribution in [0.1, 0.15) is 79.9 Å². The van der Waals surface area contributed by atoms with Crippen LogP contribution in [0.5, 0.6) is 0 Å². The van der Waals surface area contributed by atoms with Crippen molar-refractivity contribution < 1.29 is 19.3 Å². The van der Waals surface area contributed by atoms with Crippen molar-refractivity contribution >= 4 is 20.9 Å². The number of hydrogen-bond donors (Lipinski definition) is 1. The van der Waals surface area contributed by atoms with E-state index in [0.29, 0.717) is 12.8 Å².